The molecule has 2 aromatic rings. The number of nitrogens with one attached hydrogen (secondary N) is 1. The molecule has 9 heteroatoms. The molecule has 0 spiro atoms. The molecule has 0 unspecified atom stereocenters. The Morgan fingerprint density at radius 2 is 1.63 bits per heavy atom. The summed E-state index contributed by atoms with van der Waals surface area (Å²) >= 11 is 0. The van der Waals surface area contributed by atoms with Gasteiger partial charge in [0.1, 0.15) is 18.0 Å². The lowest BCUT2D eigenvalue weighted by atomic mass is 10.2. The fourth-order valence-corrected chi connectivity index (χ4v) is 3.35. The van der Waals surface area contributed by atoms with E-state index in [0.717, 1.165) is 28.3 Å². The summed E-state index contributed by atoms with van der Waals surface area (Å²) in [5, 5.41) is 3.89. The van der Waals surface area contributed by atoms with Crippen LogP contribution >= 0.6 is 0 Å². The lowest BCUT2D eigenvalue weighted by molar-refractivity contribution is -0.119. The Kier molecular flexibility index (Phi) is 8.67. The van der Waals surface area contributed by atoms with Gasteiger partial charge in [-0.1, -0.05) is 6.92 Å². The highest BCUT2D eigenvalue weighted by Gasteiger charge is 2.20. The van der Waals surface area contributed by atoms with Gasteiger partial charge in [-0.15, -0.1) is 0 Å². The maximum Gasteiger partial charge on any atom is 0.260 e. The number of hydrazone groups is 1. The number of nitrogens with zero attached hydrogens (tertiary/aromatic N) is 2. The van der Waals surface area contributed by atoms with Gasteiger partial charge < -0.3 is 9.47 Å². The third-order valence-corrected chi connectivity index (χ3v) is 5.02. The third-order valence-electron chi connectivity index (χ3n) is 3.88. The van der Waals surface area contributed by atoms with Crippen LogP contribution in [0.25, 0.3) is 0 Å². The lowest BCUT2D eigenvalue weighted by Gasteiger charge is -2.21. The minimum atomic E-state index is -3.66. The van der Waals surface area contributed by atoms with Crippen molar-refractivity contribution in [3.8, 4) is 11.5 Å². The van der Waals surface area contributed by atoms with Gasteiger partial charge in [0, 0.05) is 0 Å². The highest BCUT2D eigenvalue weighted by molar-refractivity contribution is 7.92. The van der Waals surface area contributed by atoms with Crippen LogP contribution in [0.3, 0.4) is 0 Å². The summed E-state index contributed by atoms with van der Waals surface area (Å²) in [6.45, 7) is 4.65. The van der Waals surface area contributed by atoms with Crippen molar-refractivity contribution in [3.05, 3.63) is 54.1 Å². The van der Waals surface area contributed by atoms with Crippen LogP contribution in [0, 0.1) is 0 Å². The van der Waals surface area contributed by atoms with Crippen molar-refractivity contribution in [2.24, 2.45) is 5.10 Å². The predicted molar refractivity (Wildman–Crippen MR) is 118 cm³/mol. The number of carbonyl (C=O) groups is 1. The van der Waals surface area contributed by atoms with Crippen LogP contribution in [0.2, 0.25) is 0 Å². The molecule has 0 saturated carbocycles. The monoisotopic (exact) mass is 433 g/mol. The van der Waals surface area contributed by atoms with Gasteiger partial charge in [0.25, 0.3) is 5.91 Å². The van der Waals surface area contributed by atoms with Crippen LogP contribution in [0.1, 0.15) is 25.8 Å². The number of benzene rings is 2. The van der Waals surface area contributed by atoms with E-state index in [0.29, 0.717) is 24.7 Å². The molecular formula is C21H27N3O5S. The number of anilines is 1. The molecule has 162 valence electrons. The van der Waals surface area contributed by atoms with Crippen molar-refractivity contribution >= 4 is 27.8 Å². The predicted octanol–water partition coefficient (Wildman–Crippen LogP) is 2.79. The first-order chi connectivity index (χ1) is 14.3. The highest BCUT2D eigenvalue weighted by atomic mass is 32.2. The van der Waals surface area contributed by atoms with E-state index in [9.17, 15) is 13.2 Å². The maximum absolute atomic E-state index is 12.2. The number of hydrogen-bond donors (Lipinski definition) is 1. The standard InChI is InChI=1S/C21H27N3O5S/c1-4-14-29-20-10-6-17(7-11-20)15-22-23-21(25)16-24(30(3,26)27)18-8-12-19(13-9-18)28-5-2/h6-13,15H,4-5,14,16H2,1-3H3,(H,23,25). The summed E-state index contributed by atoms with van der Waals surface area (Å²) < 4.78 is 36.2. The van der Waals surface area contributed by atoms with E-state index in [1.54, 1.807) is 24.3 Å². The zero-order chi connectivity index (χ0) is 22.0. The van der Waals surface area contributed by atoms with Crippen LogP contribution in [0.4, 0.5) is 5.69 Å². The Morgan fingerprint density at radius 1 is 1.03 bits per heavy atom. The van der Waals surface area contributed by atoms with E-state index in [1.165, 1.54) is 6.21 Å². The summed E-state index contributed by atoms with van der Waals surface area (Å²) in [6, 6.07) is 13.7. The number of sulfonamides is 1. The second kappa shape index (κ2) is 11.2. The molecule has 2 aromatic carbocycles. The van der Waals surface area contributed by atoms with Gasteiger partial charge in [0.15, 0.2) is 0 Å². The smallest absolute Gasteiger partial charge is 0.260 e. The number of carbonyl (C=O) groups excluding carboxylic acids is 1. The molecule has 0 atom stereocenters. The molecule has 0 heterocycles. The molecule has 1 N–H and O–H groups in total. The highest BCUT2D eigenvalue weighted by Crippen LogP contribution is 2.21. The van der Waals surface area contributed by atoms with Crippen LogP contribution in [-0.2, 0) is 14.8 Å². The SMILES string of the molecule is CCCOc1ccc(C=NNC(=O)CN(c2ccc(OCC)cc2)S(C)(=O)=O)cc1. The molecule has 0 aliphatic heterocycles. The molecule has 0 fully saturated rings. The molecule has 0 radical (unpaired) electrons. The van der Waals surface area contributed by atoms with Crippen molar-refractivity contribution in [1.82, 2.24) is 5.43 Å². The van der Waals surface area contributed by atoms with Gasteiger partial charge in [0.05, 0.1) is 31.4 Å². The summed E-state index contributed by atoms with van der Waals surface area (Å²) in [5.74, 6) is 0.820. The Morgan fingerprint density at radius 3 is 2.20 bits per heavy atom. The van der Waals surface area contributed by atoms with Crippen LogP contribution in [0.5, 0.6) is 11.5 Å². The summed E-state index contributed by atoms with van der Waals surface area (Å²) in [5.41, 5.74) is 3.49. The second-order valence-electron chi connectivity index (χ2n) is 6.41. The lowest BCUT2D eigenvalue weighted by Crippen LogP contribution is -2.39. The average Bonchev–Trinajstić information content (AvgIpc) is 2.71. The van der Waals surface area contributed by atoms with E-state index < -0.39 is 22.5 Å². The third kappa shape index (κ3) is 7.40. The summed E-state index contributed by atoms with van der Waals surface area (Å²) in [4.78, 5) is 12.2. The zero-order valence-corrected chi connectivity index (χ0v) is 18.2. The van der Waals surface area contributed by atoms with Crippen molar-refractivity contribution in [3.63, 3.8) is 0 Å². The quantitative estimate of drug-likeness (QED) is 0.434. The molecule has 0 aliphatic rings. The van der Waals surface area contributed by atoms with E-state index in [2.05, 4.69) is 10.5 Å². The van der Waals surface area contributed by atoms with Gasteiger partial charge in [0.2, 0.25) is 10.0 Å². The number of hydrogen-bond acceptors (Lipinski definition) is 6. The molecular weight excluding hydrogens is 406 g/mol. The Labute approximate surface area is 177 Å². The number of amides is 1. The van der Waals surface area contributed by atoms with Crippen LogP contribution in [-0.4, -0.2) is 46.6 Å². The van der Waals surface area contributed by atoms with Crippen molar-refractivity contribution in [2.75, 3.05) is 30.3 Å². The number of rotatable bonds is 11. The first-order valence-corrected chi connectivity index (χ1v) is 11.4. The normalized spacial score (nSPS) is 11.3. The minimum absolute atomic E-state index is 0.364. The first kappa shape index (κ1) is 23.2. The Bertz CT molecular complexity index is 942. The van der Waals surface area contributed by atoms with Crippen molar-refractivity contribution in [1.29, 1.82) is 0 Å². The molecule has 0 bridgehead atoms. The largest absolute Gasteiger partial charge is 0.494 e. The van der Waals surface area contributed by atoms with Crippen molar-refractivity contribution < 1.29 is 22.7 Å². The molecule has 2 rings (SSSR count). The molecule has 0 aromatic heterocycles. The number of ether oxygens (including phenoxy) is 2. The Hall–Kier alpha value is -3.07. The van der Waals surface area contributed by atoms with Gasteiger partial charge >= 0.3 is 0 Å². The molecule has 0 aliphatic carbocycles. The zero-order valence-electron chi connectivity index (χ0n) is 17.4. The van der Waals surface area contributed by atoms with E-state index in [-0.39, 0.29) is 0 Å². The van der Waals surface area contributed by atoms with Crippen LogP contribution in [0.15, 0.2) is 53.6 Å². The van der Waals surface area contributed by atoms with Crippen LogP contribution < -0.4 is 19.2 Å². The fraction of sp³-hybridized carbons (Fsp3) is 0.333. The molecule has 0 saturated heterocycles. The Balaban J connectivity index is 1.98. The maximum atomic E-state index is 12.2. The topological polar surface area (TPSA) is 97.3 Å². The molecule has 8 nitrogen and oxygen atoms in total. The van der Waals surface area contributed by atoms with Crippen molar-refractivity contribution in [2.45, 2.75) is 20.3 Å². The minimum Gasteiger partial charge on any atom is -0.494 e. The summed E-state index contributed by atoms with van der Waals surface area (Å²) in [7, 11) is -3.66. The molecule has 1 amide bonds. The van der Waals surface area contributed by atoms with E-state index in [4.69, 9.17) is 9.47 Å². The average molecular weight is 434 g/mol. The van der Waals surface area contributed by atoms with E-state index in [1.807, 2.05) is 38.1 Å². The molecule has 30 heavy (non-hydrogen) atoms. The van der Waals surface area contributed by atoms with Gasteiger partial charge in [-0.05, 0) is 67.4 Å². The fourth-order valence-electron chi connectivity index (χ4n) is 2.49. The van der Waals surface area contributed by atoms with Gasteiger partial charge in [-0.2, -0.15) is 5.10 Å². The van der Waals surface area contributed by atoms with Gasteiger partial charge in [-0.3, -0.25) is 9.10 Å². The first-order valence-electron chi connectivity index (χ1n) is 9.58. The van der Waals surface area contributed by atoms with Gasteiger partial charge in [-0.25, -0.2) is 13.8 Å². The summed E-state index contributed by atoms with van der Waals surface area (Å²) in [6.07, 6.45) is 3.45. The second-order valence-corrected chi connectivity index (χ2v) is 8.31. The van der Waals surface area contributed by atoms with E-state index >= 15 is 0 Å².